The fourth-order valence-corrected chi connectivity index (χ4v) is 5.14. The lowest BCUT2D eigenvalue weighted by Crippen LogP contribution is -2.41. The Kier molecular flexibility index (Phi) is 4.72. The van der Waals surface area contributed by atoms with Crippen molar-refractivity contribution in [3.05, 3.63) is 29.8 Å². The summed E-state index contributed by atoms with van der Waals surface area (Å²) >= 11 is 0. The first-order valence-corrected chi connectivity index (χ1v) is 10.7. The predicted octanol–water partition coefficient (Wildman–Crippen LogP) is 3.19. The van der Waals surface area contributed by atoms with E-state index in [4.69, 9.17) is 14.5 Å². The standard InChI is InChI=1S/C22H31N3O2/c1-2-23-22(25-13-17-18(14-25)21-11-10-20(17)27-21)24-12-15-6-3-4-9-19(15)26-16-7-5-8-16/h3-4,6,9,16-18,20-21H,2,5,7-8,10-14H2,1H3,(H,23,24). The van der Waals surface area contributed by atoms with E-state index in [-0.39, 0.29) is 0 Å². The van der Waals surface area contributed by atoms with Crippen molar-refractivity contribution in [2.45, 2.75) is 63.9 Å². The minimum Gasteiger partial charge on any atom is -0.490 e. The molecule has 0 aromatic heterocycles. The van der Waals surface area contributed by atoms with Crippen molar-refractivity contribution in [1.29, 1.82) is 0 Å². The van der Waals surface area contributed by atoms with Gasteiger partial charge in [0, 0.05) is 37.0 Å². The molecule has 4 aliphatic rings. The summed E-state index contributed by atoms with van der Waals surface area (Å²) in [5.74, 6) is 3.44. The fraction of sp³-hybridized carbons (Fsp3) is 0.682. The average Bonchev–Trinajstić information content (AvgIpc) is 3.35. The molecule has 4 unspecified atom stereocenters. The molecule has 3 saturated heterocycles. The van der Waals surface area contributed by atoms with Gasteiger partial charge in [-0.2, -0.15) is 0 Å². The van der Waals surface area contributed by atoms with E-state index in [1.807, 2.05) is 0 Å². The first-order chi connectivity index (χ1) is 13.3. The monoisotopic (exact) mass is 369 g/mol. The highest BCUT2D eigenvalue weighted by Crippen LogP contribution is 2.47. The topological polar surface area (TPSA) is 46.1 Å². The minimum atomic E-state index is 0.400. The van der Waals surface area contributed by atoms with Gasteiger partial charge in [0.25, 0.3) is 0 Å². The lowest BCUT2D eigenvalue weighted by molar-refractivity contribution is 0.0767. The maximum atomic E-state index is 6.18. The van der Waals surface area contributed by atoms with Crippen LogP contribution in [-0.2, 0) is 11.3 Å². The molecule has 1 N–H and O–H groups in total. The van der Waals surface area contributed by atoms with Gasteiger partial charge in [-0.15, -0.1) is 0 Å². The second-order valence-electron chi connectivity index (χ2n) is 8.47. The molecule has 4 fully saturated rings. The number of guanidine groups is 1. The van der Waals surface area contributed by atoms with Crippen LogP contribution in [0, 0.1) is 11.8 Å². The Morgan fingerprint density at radius 2 is 1.89 bits per heavy atom. The van der Waals surface area contributed by atoms with Gasteiger partial charge in [0.05, 0.1) is 24.9 Å². The Labute approximate surface area is 162 Å². The Balaban J connectivity index is 1.29. The Morgan fingerprint density at radius 1 is 1.15 bits per heavy atom. The molecule has 4 atom stereocenters. The first kappa shape index (κ1) is 17.4. The van der Waals surface area contributed by atoms with E-state index < -0.39 is 0 Å². The molecule has 5 rings (SSSR count). The largest absolute Gasteiger partial charge is 0.490 e. The van der Waals surface area contributed by atoms with Crippen LogP contribution < -0.4 is 10.1 Å². The molecule has 0 amide bonds. The molecule has 0 radical (unpaired) electrons. The molecule has 1 aromatic rings. The SMILES string of the molecule is CCNC(=NCc1ccccc1OC1CCC1)N1CC2C3CCC(O3)C2C1. The van der Waals surface area contributed by atoms with Gasteiger partial charge in [-0.3, -0.25) is 0 Å². The minimum absolute atomic E-state index is 0.400. The number of fused-ring (bicyclic) bond motifs is 5. The van der Waals surface area contributed by atoms with Gasteiger partial charge in [-0.05, 0) is 45.1 Å². The van der Waals surface area contributed by atoms with Crippen molar-refractivity contribution in [1.82, 2.24) is 10.2 Å². The van der Waals surface area contributed by atoms with Crippen LogP contribution in [0.4, 0.5) is 0 Å². The van der Waals surface area contributed by atoms with E-state index in [2.05, 4.69) is 41.4 Å². The van der Waals surface area contributed by atoms with E-state index in [1.54, 1.807) is 0 Å². The number of likely N-dealkylation sites (tertiary alicyclic amines) is 1. The Bertz CT molecular complexity index is 685. The van der Waals surface area contributed by atoms with Crippen molar-refractivity contribution < 1.29 is 9.47 Å². The summed E-state index contributed by atoms with van der Waals surface area (Å²) in [5, 5.41) is 3.51. The molecule has 3 aliphatic heterocycles. The van der Waals surface area contributed by atoms with Crippen LogP contribution in [0.25, 0.3) is 0 Å². The van der Waals surface area contributed by atoms with Crippen LogP contribution in [0.15, 0.2) is 29.3 Å². The Hall–Kier alpha value is -1.75. The maximum absolute atomic E-state index is 6.18. The number of hydrogen-bond acceptors (Lipinski definition) is 3. The number of benzene rings is 1. The second-order valence-corrected chi connectivity index (χ2v) is 8.47. The van der Waals surface area contributed by atoms with Gasteiger partial charge < -0.3 is 19.7 Å². The van der Waals surface area contributed by atoms with Crippen molar-refractivity contribution in [3.8, 4) is 5.75 Å². The van der Waals surface area contributed by atoms with Gasteiger partial charge in [-0.25, -0.2) is 4.99 Å². The highest BCUT2D eigenvalue weighted by molar-refractivity contribution is 5.80. The summed E-state index contributed by atoms with van der Waals surface area (Å²) in [5.41, 5.74) is 1.18. The van der Waals surface area contributed by atoms with Crippen molar-refractivity contribution in [2.24, 2.45) is 16.8 Å². The molecule has 1 saturated carbocycles. The van der Waals surface area contributed by atoms with E-state index in [0.29, 0.717) is 36.7 Å². The molecule has 2 bridgehead atoms. The summed E-state index contributed by atoms with van der Waals surface area (Å²) in [6, 6.07) is 8.38. The zero-order valence-corrected chi connectivity index (χ0v) is 16.3. The van der Waals surface area contributed by atoms with Crippen LogP contribution in [0.5, 0.6) is 5.75 Å². The fourth-order valence-electron chi connectivity index (χ4n) is 5.14. The predicted molar refractivity (Wildman–Crippen MR) is 106 cm³/mol. The van der Waals surface area contributed by atoms with E-state index >= 15 is 0 Å². The van der Waals surface area contributed by atoms with Gasteiger partial charge in [0.1, 0.15) is 5.75 Å². The quantitative estimate of drug-likeness (QED) is 0.640. The number of aliphatic imine (C=N–C) groups is 1. The normalized spacial score (nSPS) is 32.5. The zero-order chi connectivity index (χ0) is 18.2. The van der Waals surface area contributed by atoms with E-state index in [0.717, 1.165) is 31.3 Å². The summed E-state index contributed by atoms with van der Waals surface area (Å²) in [6.45, 7) is 5.87. The lowest BCUT2D eigenvalue weighted by atomic mass is 9.82. The third-order valence-corrected chi connectivity index (χ3v) is 6.80. The number of ether oxygens (including phenoxy) is 2. The number of nitrogens with zero attached hydrogens (tertiary/aromatic N) is 2. The lowest BCUT2D eigenvalue weighted by Gasteiger charge is -2.27. The van der Waals surface area contributed by atoms with Gasteiger partial charge >= 0.3 is 0 Å². The van der Waals surface area contributed by atoms with Crippen LogP contribution >= 0.6 is 0 Å². The molecule has 5 heteroatoms. The zero-order valence-electron chi connectivity index (χ0n) is 16.3. The number of para-hydroxylation sites is 1. The molecule has 27 heavy (non-hydrogen) atoms. The summed E-state index contributed by atoms with van der Waals surface area (Å²) in [7, 11) is 0. The van der Waals surface area contributed by atoms with E-state index in [9.17, 15) is 0 Å². The smallest absolute Gasteiger partial charge is 0.194 e. The van der Waals surface area contributed by atoms with Gasteiger partial charge in [0.15, 0.2) is 5.96 Å². The first-order valence-electron chi connectivity index (χ1n) is 10.7. The molecule has 1 aliphatic carbocycles. The van der Waals surface area contributed by atoms with Crippen molar-refractivity contribution in [2.75, 3.05) is 19.6 Å². The van der Waals surface area contributed by atoms with Crippen LogP contribution in [-0.4, -0.2) is 48.8 Å². The number of rotatable bonds is 5. The molecule has 3 heterocycles. The van der Waals surface area contributed by atoms with Crippen molar-refractivity contribution >= 4 is 5.96 Å². The third kappa shape index (κ3) is 3.31. The number of nitrogens with one attached hydrogen (secondary N) is 1. The number of hydrogen-bond donors (Lipinski definition) is 1. The van der Waals surface area contributed by atoms with Crippen LogP contribution in [0.2, 0.25) is 0 Å². The summed E-state index contributed by atoms with van der Waals surface area (Å²) in [6.07, 6.45) is 7.53. The van der Waals surface area contributed by atoms with E-state index in [1.165, 1.54) is 37.7 Å². The van der Waals surface area contributed by atoms with Gasteiger partial charge in [-0.1, -0.05) is 18.2 Å². The third-order valence-electron chi connectivity index (χ3n) is 6.80. The van der Waals surface area contributed by atoms with Crippen LogP contribution in [0.3, 0.4) is 0 Å². The van der Waals surface area contributed by atoms with Gasteiger partial charge in [0.2, 0.25) is 0 Å². The second kappa shape index (κ2) is 7.34. The molecular weight excluding hydrogens is 338 g/mol. The Morgan fingerprint density at radius 3 is 2.56 bits per heavy atom. The molecular formula is C22H31N3O2. The highest BCUT2D eigenvalue weighted by atomic mass is 16.5. The summed E-state index contributed by atoms with van der Waals surface area (Å²) < 4.78 is 12.3. The molecule has 5 nitrogen and oxygen atoms in total. The molecule has 0 spiro atoms. The molecule has 146 valence electrons. The maximum Gasteiger partial charge on any atom is 0.194 e. The average molecular weight is 370 g/mol. The summed E-state index contributed by atoms with van der Waals surface area (Å²) in [4.78, 5) is 7.45. The van der Waals surface area contributed by atoms with Crippen LogP contribution in [0.1, 0.15) is 44.6 Å². The molecule has 1 aromatic carbocycles. The van der Waals surface area contributed by atoms with Crippen molar-refractivity contribution in [3.63, 3.8) is 0 Å². The highest BCUT2D eigenvalue weighted by Gasteiger charge is 2.53.